The molecule has 0 atom stereocenters. The lowest BCUT2D eigenvalue weighted by atomic mass is 10.2. The number of hydroxylamine groups is 2. The van der Waals surface area contributed by atoms with Crippen molar-refractivity contribution in [3.05, 3.63) is 36.0 Å². The largest absolute Gasteiger partial charge is 0.212 e. The van der Waals surface area contributed by atoms with Gasteiger partial charge in [-0.1, -0.05) is 12.1 Å². The van der Waals surface area contributed by atoms with Crippen LogP contribution in [0.3, 0.4) is 0 Å². The number of fused-ring (bicyclic) bond motifs is 1. The number of benzene rings is 1. The fourth-order valence-electron chi connectivity index (χ4n) is 1.19. The van der Waals surface area contributed by atoms with Crippen molar-refractivity contribution in [3.63, 3.8) is 0 Å². The van der Waals surface area contributed by atoms with E-state index in [9.17, 15) is 10.4 Å². The van der Waals surface area contributed by atoms with Crippen LogP contribution in [0.1, 0.15) is 5.56 Å². The number of quaternary nitrogens is 1. The molecular formula is C8H8NO2+. The molecule has 56 valence electrons. The molecule has 2 rings (SSSR count). The Morgan fingerprint density at radius 2 is 1.82 bits per heavy atom. The molecule has 0 aliphatic carbocycles. The van der Waals surface area contributed by atoms with Crippen LogP contribution in [0.5, 0.6) is 0 Å². The Morgan fingerprint density at radius 1 is 1.09 bits per heavy atom. The fraction of sp³-hybridized carbons (Fsp3) is 0. The summed E-state index contributed by atoms with van der Waals surface area (Å²) in [6.45, 7) is 0. The monoisotopic (exact) mass is 150 g/mol. The Hall–Kier alpha value is -1.16. The first-order valence-electron chi connectivity index (χ1n) is 3.33. The molecule has 3 heteroatoms. The van der Waals surface area contributed by atoms with Crippen LogP contribution in [0.4, 0.5) is 5.69 Å². The molecule has 1 heterocycles. The zero-order valence-corrected chi connectivity index (χ0v) is 5.81. The molecule has 0 spiro atoms. The standard InChI is InChI=1S/C8H8NO2/c10-9(11)6-5-7-3-1-2-4-8(7)9/h1-6,10-11H/q+1. The second-order valence-electron chi connectivity index (χ2n) is 2.52. The minimum absolute atomic E-state index is 0.493. The minimum Gasteiger partial charge on any atom is -0.171 e. The van der Waals surface area contributed by atoms with Gasteiger partial charge in [-0.05, 0) is 6.07 Å². The average Bonchev–Trinajstić information content (AvgIpc) is 2.29. The molecule has 0 fully saturated rings. The number of rotatable bonds is 0. The van der Waals surface area contributed by atoms with Gasteiger partial charge in [0.1, 0.15) is 0 Å². The topological polar surface area (TPSA) is 40.5 Å². The van der Waals surface area contributed by atoms with Crippen molar-refractivity contribution >= 4 is 11.8 Å². The molecule has 3 nitrogen and oxygen atoms in total. The normalized spacial score (nSPS) is 18.4. The van der Waals surface area contributed by atoms with Crippen LogP contribution in [-0.2, 0) is 0 Å². The van der Waals surface area contributed by atoms with Crippen LogP contribution in [0.15, 0.2) is 30.5 Å². The first-order chi connectivity index (χ1) is 5.20. The molecule has 2 N–H and O–H groups in total. The van der Waals surface area contributed by atoms with E-state index in [0.29, 0.717) is 5.69 Å². The summed E-state index contributed by atoms with van der Waals surface area (Å²) in [6.07, 6.45) is 2.99. The molecule has 1 aromatic rings. The number of hydrogen-bond donors (Lipinski definition) is 2. The Labute approximate surface area is 63.9 Å². The third kappa shape index (κ3) is 0.867. The Kier molecular flexibility index (Phi) is 1.14. The van der Waals surface area contributed by atoms with Crippen LogP contribution < -0.4 is 4.81 Å². The second kappa shape index (κ2) is 1.92. The number of para-hydroxylation sites is 1. The van der Waals surface area contributed by atoms with Gasteiger partial charge in [-0.3, -0.25) is 0 Å². The fourth-order valence-corrected chi connectivity index (χ4v) is 1.19. The highest BCUT2D eigenvalue weighted by molar-refractivity contribution is 5.70. The summed E-state index contributed by atoms with van der Waals surface area (Å²) >= 11 is 0. The lowest BCUT2D eigenvalue weighted by Crippen LogP contribution is -2.33. The molecule has 0 bridgehead atoms. The van der Waals surface area contributed by atoms with E-state index in [1.165, 1.54) is 6.20 Å². The Morgan fingerprint density at radius 3 is 2.55 bits per heavy atom. The lowest BCUT2D eigenvalue weighted by molar-refractivity contribution is -0.250. The molecule has 0 saturated heterocycles. The van der Waals surface area contributed by atoms with E-state index >= 15 is 0 Å². The van der Waals surface area contributed by atoms with Crippen LogP contribution in [0.25, 0.3) is 6.08 Å². The van der Waals surface area contributed by atoms with Crippen molar-refractivity contribution in [1.29, 1.82) is 0 Å². The Balaban J connectivity index is 2.64. The number of nitrogens with zero attached hydrogens (tertiary/aromatic N) is 1. The van der Waals surface area contributed by atoms with Crippen molar-refractivity contribution in [2.24, 2.45) is 0 Å². The van der Waals surface area contributed by atoms with Gasteiger partial charge in [0.15, 0.2) is 6.20 Å². The van der Waals surface area contributed by atoms with Crippen molar-refractivity contribution in [2.75, 3.05) is 0 Å². The summed E-state index contributed by atoms with van der Waals surface area (Å²) in [7, 11) is 0. The van der Waals surface area contributed by atoms with Crippen molar-refractivity contribution < 1.29 is 10.4 Å². The van der Waals surface area contributed by atoms with Gasteiger partial charge in [-0.15, -0.1) is 0 Å². The highest BCUT2D eigenvalue weighted by Crippen LogP contribution is 2.30. The molecule has 0 aromatic heterocycles. The molecule has 0 radical (unpaired) electrons. The van der Waals surface area contributed by atoms with E-state index in [0.717, 1.165) is 5.56 Å². The Bertz CT molecular complexity index is 318. The van der Waals surface area contributed by atoms with E-state index < -0.39 is 4.81 Å². The van der Waals surface area contributed by atoms with Gasteiger partial charge in [0.25, 0.3) is 0 Å². The summed E-state index contributed by atoms with van der Waals surface area (Å²) < 4.78 is 0. The predicted molar refractivity (Wildman–Crippen MR) is 40.8 cm³/mol. The summed E-state index contributed by atoms with van der Waals surface area (Å²) in [4.78, 5) is -1.13. The third-order valence-corrected chi connectivity index (χ3v) is 1.75. The van der Waals surface area contributed by atoms with Crippen LogP contribution in [0.2, 0.25) is 0 Å². The van der Waals surface area contributed by atoms with Crippen LogP contribution in [0, 0.1) is 0 Å². The van der Waals surface area contributed by atoms with E-state index in [-0.39, 0.29) is 0 Å². The van der Waals surface area contributed by atoms with Gasteiger partial charge in [-0.2, -0.15) is 10.4 Å². The number of hydrogen-bond acceptors (Lipinski definition) is 2. The lowest BCUT2D eigenvalue weighted by Gasteiger charge is -2.11. The molecule has 11 heavy (non-hydrogen) atoms. The zero-order valence-electron chi connectivity index (χ0n) is 5.81. The molecule has 0 unspecified atom stereocenters. The maximum Gasteiger partial charge on any atom is 0.212 e. The highest BCUT2D eigenvalue weighted by Gasteiger charge is 2.31. The van der Waals surface area contributed by atoms with E-state index in [2.05, 4.69) is 0 Å². The summed E-state index contributed by atoms with van der Waals surface area (Å²) in [5.41, 5.74) is 1.34. The quantitative estimate of drug-likeness (QED) is 0.553. The van der Waals surface area contributed by atoms with Crippen molar-refractivity contribution in [1.82, 2.24) is 4.81 Å². The van der Waals surface area contributed by atoms with Gasteiger partial charge in [-0.25, -0.2) is 0 Å². The molecular weight excluding hydrogens is 142 g/mol. The molecule has 1 aromatic carbocycles. The molecule has 0 amide bonds. The smallest absolute Gasteiger partial charge is 0.171 e. The van der Waals surface area contributed by atoms with E-state index in [4.69, 9.17) is 0 Å². The summed E-state index contributed by atoms with van der Waals surface area (Å²) in [6, 6.07) is 7.13. The first kappa shape index (κ1) is 6.54. The van der Waals surface area contributed by atoms with Crippen molar-refractivity contribution in [2.45, 2.75) is 0 Å². The van der Waals surface area contributed by atoms with Gasteiger partial charge < -0.3 is 0 Å². The first-order valence-corrected chi connectivity index (χ1v) is 3.33. The van der Waals surface area contributed by atoms with Gasteiger partial charge >= 0.3 is 0 Å². The molecule has 0 saturated carbocycles. The maximum absolute atomic E-state index is 9.25. The van der Waals surface area contributed by atoms with Crippen LogP contribution in [-0.4, -0.2) is 10.4 Å². The van der Waals surface area contributed by atoms with Gasteiger partial charge in [0, 0.05) is 22.5 Å². The molecule has 1 aliphatic heterocycles. The minimum atomic E-state index is -1.13. The summed E-state index contributed by atoms with van der Waals surface area (Å²) in [5, 5.41) is 18.5. The highest BCUT2D eigenvalue weighted by atomic mass is 16.8. The maximum atomic E-state index is 9.25. The summed E-state index contributed by atoms with van der Waals surface area (Å²) in [5.74, 6) is 0. The molecule has 1 aliphatic rings. The van der Waals surface area contributed by atoms with E-state index in [1.54, 1.807) is 18.2 Å². The van der Waals surface area contributed by atoms with Gasteiger partial charge in [0.05, 0.1) is 0 Å². The third-order valence-electron chi connectivity index (χ3n) is 1.75. The predicted octanol–water partition coefficient (Wildman–Crippen LogP) is 1.76. The SMILES string of the molecule is O[N+]1(O)C=Cc2ccccc21. The van der Waals surface area contributed by atoms with Crippen molar-refractivity contribution in [3.8, 4) is 0 Å². The van der Waals surface area contributed by atoms with Crippen LogP contribution >= 0.6 is 0 Å². The van der Waals surface area contributed by atoms with E-state index in [1.807, 2.05) is 12.1 Å². The van der Waals surface area contributed by atoms with Gasteiger partial charge in [0.2, 0.25) is 5.69 Å². The second-order valence-corrected chi connectivity index (χ2v) is 2.52. The average molecular weight is 150 g/mol. The zero-order chi connectivity index (χ0) is 7.90.